The number of anilines is 1. The molecule has 25 heavy (non-hydrogen) atoms. The van der Waals surface area contributed by atoms with Crippen molar-refractivity contribution in [2.24, 2.45) is 11.8 Å². The SMILES string of the molecule is O=C(Nc1cccnc1)[C@H]1CN(Cc2ccccn2)C[C@H]2OCC[C@@H]12. The molecule has 2 fully saturated rings. The third kappa shape index (κ3) is 3.70. The van der Waals surface area contributed by atoms with Gasteiger partial charge in [0.2, 0.25) is 5.91 Å². The van der Waals surface area contributed by atoms with Crippen LogP contribution in [0.1, 0.15) is 12.1 Å². The summed E-state index contributed by atoms with van der Waals surface area (Å²) in [6, 6.07) is 9.62. The Morgan fingerprint density at radius 1 is 1.24 bits per heavy atom. The fraction of sp³-hybridized carbons (Fsp3) is 0.421. The topological polar surface area (TPSA) is 67.4 Å². The third-order valence-corrected chi connectivity index (χ3v) is 5.05. The summed E-state index contributed by atoms with van der Waals surface area (Å²) >= 11 is 0. The fourth-order valence-electron chi connectivity index (χ4n) is 3.85. The lowest BCUT2D eigenvalue weighted by molar-refractivity contribution is -0.126. The zero-order valence-electron chi connectivity index (χ0n) is 14.0. The van der Waals surface area contributed by atoms with Crippen molar-refractivity contribution in [3.8, 4) is 0 Å². The molecule has 0 unspecified atom stereocenters. The number of fused-ring (bicyclic) bond motifs is 1. The average molecular weight is 338 g/mol. The predicted octanol–water partition coefficient (Wildman–Crippen LogP) is 1.95. The summed E-state index contributed by atoms with van der Waals surface area (Å²) < 4.78 is 5.90. The molecule has 1 N–H and O–H groups in total. The number of carbonyl (C=O) groups excluding carboxylic acids is 1. The van der Waals surface area contributed by atoms with E-state index in [-0.39, 0.29) is 23.8 Å². The van der Waals surface area contributed by atoms with Crippen molar-refractivity contribution in [1.82, 2.24) is 14.9 Å². The number of hydrogen-bond acceptors (Lipinski definition) is 5. The molecular weight excluding hydrogens is 316 g/mol. The van der Waals surface area contributed by atoms with Crippen molar-refractivity contribution in [3.63, 3.8) is 0 Å². The van der Waals surface area contributed by atoms with E-state index in [1.807, 2.05) is 30.3 Å². The summed E-state index contributed by atoms with van der Waals surface area (Å²) in [5.74, 6) is 0.265. The van der Waals surface area contributed by atoms with Gasteiger partial charge >= 0.3 is 0 Å². The van der Waals surface area contributed by atoms with Gasteiger partial charge in [0.05, 0.1) is 29.6 Å². The number of hydrogen-bond donors (Lipinski definition) is 1. The van der Waals surface area contributed by atoms with E-state index >= 15 is 0 Å². The molecule has 2 aromatic rings. The first-order valence-electron chi connectivity index (χ1n) is 8.74. The van der Waals surface area contributed by atoms with Gasteiger partial charge in [-0.25, -0.2) is 0 Å². The van der Waals surface area contributed by atoms with Crippen LogP contribution in [0.15, 0.2) is 48.9 Å². The molecule has 6 heteroatoms. The van der Waals surface area contributed by atoms with E-state index in [4.69, 9.17) is 4.74 Å². The molecule has 4 heterocycles. The molecule has 1 amide bonds. The van der Waals surface area contributed by atoms with Crippen LogP contribution in [0.25, 0.3) is 0 Å². The van der Waals surface area contributed by atoms with Crippen LogP contribution in [0.5, 0.6) is 0 Å². The van der Waals surface area contributed by atoms with Crippen LogP contribution in [-0.4, -0.2) is 46.6 Å². The maximum Gasteiger partial charge on any atom is 0.229 e. The van der Waals surface area contributed by atoms with Crippen molar-refractivity contribution in [1.29, 1.82) is 0 Å². The van der Waals surface area contributed by atoms with Gasteiger partial charge in [-0.2, -0.15) is 0 Å². The van der Waals surface area contributed by atoms with Crippen molar-refractivity contribution >= 4 is 11.6 Å². The number of rotatable bonds is 4. The molecule has 3 atom stereocenters. The van der Waals surface area contributed by atoms with Gasteiger partial charge in [-0.05, 0) is 30.7 Å². The molecule has 0 aliphatic carbocycles. The number of piperidine rings is 1. The van der Waals surface area contributed by atoms with Gasteiger partial charge in [-0.3, -0.25) is 19.7 Å². The number of likely N-dealkylation sites (tertiary alicyclic amines) is 1. The van der Waals surface area contributed by atoms with E-state index in [0.29, 0.717) is 0 Å². The second-order valence-electron chi connectivity index (χ2n) is 6.71. The van der Waals surface area contributed by atoms with Crippen molar-refractivity contribution in [3.05, 3.63) is 54.6 Å². The Bertz CT molecular complexity index is 710. The molecule has 0 saturated carbocycles. The van der Waals surface area contributed by atoms with Gasteiger partial charge in [-0.15, -0.1) is 0 Å². The van der Waals surface area contributed by atoms with Crippen LogP contribution in [0.4, 0.5) is 5.69 Å². The number of nitrogens with one attached hydrogen (secondary N) is 1. The molecule has 2 saturated heterocycles. The molecule has 0 radical (unpaired) electrons. The maximum absolute atomic E-state index is 12.9. The minimum Gasteiger partial charge on any atom is -0.377 e. The van der Waals surface area contributed by atoms with E-state index in [0.717, 1.165) is 44.0 Å². The number of nitrogens with zero attached hydrogens (tertiary/aromatic N) is 3. The summed E-state index contributed by atoms with van der Waals surface area (Å²) in [6.45, 7) is 3.07. The van der Waals surface area contributed by atoms with E-state index in [2.05, 4.69) is 20.2 Å². The highest BCUT2D eigenvalue weighted by Crippen LogP contribution is 2.34. The second-order valence-corrected chi connectivity index (χ2v) is 6.71. The molecule has 2 aromatic heterocycles. The summed E-state index contributed by atoms with van der Waals surface area (Å²) in [4.78, 5) is 23.6. The Balaban J connectivity index is 1.48. The van der Waals surface area contributed by atoms with Crippen LogP contribution >= 0.6 is 0 Å². The Kier molecular flexibility index (Phi) is 4.72. The minimum atomic E-state index is -0.0785. The smallest absolute Gasteiger partial charge is 0.229 e. The molecule has 6 nitrogen and oxygen atoms in total. The minimum absolute atomic E-state index is 0.0548. The van der Waals surface area contributed by atoms with Crippen LogP contribution in [0, 0.1) is 11.8 Å². The first-order valence-corrected chi connectivity index (χ1v) is 8.74. The molecule has 0 spiro atoms. The maximum atomic E-state index is 12.9. The Morgan fingerprint density at radius 2 is 2.20 bits per heavy atom. The lowest BCUT2D eigenvalue weighted by Crippen LogP contribution is -2.51. The molecular formula is C19H22N4O2. The highest BCUT2D eigenvalue weighted by molar-refractivity contribution is 5.92. The molecule has 2 aliphatic heterocycles. The Morgan fingerprint density at radius 3 is 3.00 bits per heavy atom. The lowest BCUT2D eigenvalue weighted by Gasteiger charge is -2.39. The van der Waals surface area contributed by atoms with Crippen LogP contribution < -0.4 is 5.32 Å². The Hall–Kier alpha value is -2.31. The van der Waals surface area contributed by atoms with Gasteiger partial charge < -0.3 is 10.1 Å². The quantitative estimate of drug-likeness (QED) is 0.923. The summed E-state index contributed by atoms with van der Waals surface area (Å²) in [5.41, 5.74) is 1.76. The molecule has 4 rings (SSSR count). The van der Waals surface area contributed by atoms with Crippen molar-refractivity contribution < 1.29 is 9.53 Å². The molecule has 130 valence electrons. The largest absolute Gasteiger partial charge is 0.377 e. The second kappa shape index (κ2) is 7.29. The average Bonchev–Trinajstić information content (AvgIpc) is 3.11. The Labute approximate surface area is 147 Å². The third-order valence-electron chi connectivity index (χ3n) is 5.05. The summed E-state index contributed by atoms with van der Waals surface area (Å²) in [6.07, 6.45) is 6.26. The summed E-state index contributed by atoms with van der Waals surface area (Å²) in [7, 11) is 0. The first-order chi connectivity index (χ1) is 12.3. The van der Waals surface area contributed by atoms with Gasteiger partial charge in [0.1, 0.15) is 0 Å². The fourth-order valence-corrected chi connectivity index (χ4v) is 3.85. The molecule has 0 bridgehead atoms. The van der Waals surface area contributed by atoms with Crippen LogP contribution in [0.3, 0.4) is 0 Å². The van der Waals surface area contributed by atoms with Gasteiger partial charge in [0.15, 0.2) is 0 Å². The van der Waals surface area contributed by atoms with Gasteiger partial charge in [0.25, 0.3) is 0 Å². The normalized spacial score (nSPS) is 26.2. The van der Waals surface area contributed by atoms with Crippen molar-refractivity contribution in [2.45, 2.75) is 19.1 Å². The highest BCUT2D eigenvalue weighted by Gasteiger charge is 2.43. The van der Waals surface area contributed by atoms with E-state index in [1.54, 1.807) is 18.6 Å². The zero-order chi connectivity index (χ0) is 17.1. The molecule has 2 aliphatic rings. The van der Waals surface area contributed by atoms with E-state index in [1.165, 1.54) is 0 Å². The van der Waals surface area contributed by atoms with Crippen molar-refractivity contribution in [2.75, 3.05) is 25.0 Å². The monoisotopic (exact) mass is 338 g/mol. The number of ether oxygens (including phenoxy) is 1. The van der Waals surface area contributed by atoms with Crippen LogP contribution in [0.2, 0.25) is 0 Å². The highest BCUT2D eigenvalue weighted by atomic mass is 16.5. The number of aromatic nitrogens is 2. The number of amides is 1. The zero-order valence-corrected chi connectivity index (χ0v) is 14.0. The van der Waals surface area contributed by atoms with E-state index < -0.39 is 0 Å². The van der Waals surface area contributed by atoms with Gasteiger partial charge in [-0.1, -0.05) is 6.07 Å². The molecule has 0 aromatic carbocycles. The predicted molar refractivity (Wildman–Crippen MR) is 93.7 cm³/mol. The van der Waals surface area contributed by atoms with Gasteiger partial charge in [0, 0.05) is 44.6 Å². The van der Waals surface area contributed by atoms with E-state index in [9.17, 15) is 4.79 Å². The first kappa shape index (κ1) is 16.2. The number of carbonyl (C=O) groups is 1. The number of pyridine rings is 2. The lowest BCUT2D eigenvalue weighted by atomic mass is 9.82. The summed E-state index contributed by atoms with van der Waals surface area (Å²) in [5, 5.41) is 3.01. The van der Waals surface area contributed by atoms with Crippen LogP contribution in [-0.2, 0) is 16.1 Å². The standard InChI is InChI=1S/C19H22N4O2/c24-19(22-14-5-3-7-20-10-14)17-12-23(11-15-4-1-2-8-21-15)13-18-16(17)6-9-25-18/h1-5,7-8,10,16-18H,6,9,11-13H2,(H,22,24)/t16-,17-,18+/m0/s1.